The van der Waals surface area contributed by atoms with Gasteiger partial charge in [0, 0.05) is 24.9 Å². The number of carbonyl (C=O) groups is 1. The number of hydrogen-bond donors (Lipinski definition) is 0. The molecule has 0 aromatic rings. The Hall–Kier alpha value is -0.410. The average molecular weight is 197 g/mol. The van der Waals surface area contributed by atoms with Gasteiger partial charge in [-0.3, -0.25) is 9.63 Å². The lowest BCUT2D eigenvalue weighted by Crippen LogP contribution is -2.38. The normalized spacial score (nSPS) is 33.4. The largest absolute Gasteiger partial charge is 0.299 e. The zero-order valence-corrected chi connectivity index (χ0v) is 8.87. The fraction of sp³-hybridized carbons (Fsp3) is 0.909. The third kappa shape index (κ3) is 1.84. The molecular weight excluding hydrogens is 178 g/mol. The van der Waals surface area contributed by atoms with Crippen LogP contribution in [0.25, 0.3) is 0 Å². The van der Waals surface area contributed by atoms with Crippen molar-refractivity contribution in [3.05, 3.63) is 0 Å². The molecule has 80 valence electrons. The minimum atomic E-state index is 0.278. The smallest absolute Gasteiger partial charge is 0.137 e. The molecule has 0 aromatic carbocycles. The van der Waals surface area contributed by atoms with E-state index in [4.69, 9.17) is 4.84 Å². The van der Waals surface area contributed by atoms with Gasteiger partial charge in [-0.1, -0.05) is 6.92 Å². The third-order valence-corrected chi connectivity index (χ3v) is 3.29. The molecular formula is C11H19NO2. The molecule has 1 aliphatic heterocycles. The summed E-state index contributed by atoms with van der Waals surface area (Å²) >= 11 is 0. The van der Waals surface area contributed by atoms with Gasteiger partial charge < -0.3 is 0 Å². The fourth-order valence-corrected chi connectivity index (χ4v) is 2.59. The van der Waals surface area contributed by atoms with Crippen molar-refractivity contribution in [3.63, 3.8) is 0 Å². The van der Waals surface area contributed by atoms with Crippen LogP contribution in [0.15, 0.2) is 0 Å². The molecule has 1 saturated carbocycles. The average Bonchev–Trinajstić information content (AvgIpc) is 2.60. The van der Waals surface area contributed by atoms with Crippen LogP contribution in [0.1, 0.15) is 39.0 Å². The first-order chi connectivity index (χ1) is 6.83. The summed E-state index contributed by atoms with van der Waals surface area (Å²) in [6, 6.07) is 0.391. The molecule has 2 unspecified atom stereocenters. The quantitative estimate of drug-likeness (QED) is 0.690. The van der Waals surface area contributed by atoms with Gasteiger partial charge in [-0.2, -0.15) is 5.06 Å². The minimum Gasteiger partial charge on any atom is -0.299 e. The maximum absolute atomic E-state index is 11.6. The van der Waals surface area contributed by atoms with Crippen LogP contribution in [0, 0.1) is 5.92 Å². The molecule has 3 nitrogen and oxygen atoms in total. The standard InChI is InChI=1S/C11H19NO2/c1-2-8-14-12-7-6-9-10(12)4-3-5-11(9)13/h9-10H,2-8H2,1H3. The Morgan fingerprint density at radius 1 is 1.50 bits per heavy atom. The van der Waals surface area contributed by atoms with Crippen molar-refractivity contribution in [1.82, 2.24) is 5.06 Å². The molecule has 2 aliphatic rings. The van der Waals surface area contributed by atoms with Crippen molar-refractivity contribution in [2.24, 2.45) is 5.92 Å². The van der Waals surface area contributed by atoms with Gasteiger partial charge in [0.15, 0.2) is 0 Å². The number of carbonyl (C=O) groups excluding carboxylic acids is 1. The molecule has 1 saturated heterocycles. The highest BCUT2D eigenvalue weighted by Crippen LogP contribution is 2.34. The van der Waals surface area contributed by atoms with Gasteiger partial charge in [-0.05, 0) is 25.7 Å². The van der Waals surface area contributed by atoms with Gasteiger partial charge in [0.25, 0.3) is 0 Å². The summed E-state index contributed by atoms with van der Waals surface area (Å²) in [4.78, 5) is 17.3. The van der Waals surface area contributed by atoms with Gasteiger partial charge in [-0.15, -0.1) is 0 Å². The fourth-order valence-electron chi connectivity index (χ4n) is 2.59. The minimum absolute atomic E-state index is 0.278. The number of nitrogens with zero attached hydrogens (tertiary/aromatic N) is 1. The highest BCUT2D eigenvalue weighted by Gasteiger charge is 2.41. The zero-order valence-electron chi connectivity index (χ0n) is 8.87. The van der Waals surface area contributed by atoms with Crippen molar-refractivity contribution in [1.29, 1.82) is 0 Å². The van der Waals surface area contributed by atoms with Gasteiger partial charge in [0.2, 0.25) is 0 Å². The second kappa shape index (κ2) is 4.41. The van der Waals surface area contributed by atoms with Crippen LogP contribution in [0.4, 0.5) is 0 Å². The predicted octanol–water partition coefficient (Wildman–Crippen LogP) is 1.77. The first-order valence-corrected chi connectivity index (χ1v) is 5.75. The maximum Gasteiger partial charge on any atom is 0.137 e. The molecule has 2 rings (SSSR count). The van der Waals surface area contributed by atoms with Crippen molar-refractivity contribution in [2.45, 2.75) is 45.1 Å². The molecule has 1 aliphatic carbocycles. The Labute approximate surface area is 85.4 Å². The molecule has 0 bridgehead atoms. The highest BCUT2D eigenvalue weighted by molar-refractivity contribution is 5.82. The number of fused-ring (bicyclic) bond motifs is 1. The molecule has 14 heavy (non-hydrogen) atoms. The van der Waals surface area contributed by atoms with E-state index in [9.17, 15) is 4.79 Å². The molecule has 0 spiro atoms. The number of hydroxylamine groups is 2. The lowest BCUT2D eigenvalue weighted by Gasteiger charge is -2.29. The first kappa shape index (κ1) is 10.1. The van der Waals surface area contributed by atoms with Crippen LogP contribution in [-0.4, -0.2) is 30.0 Å². The van der Waals surface area contributed by atoms with E-state index in [-0.39, 0.29) is 5.92 Å². The molecule has 0 N–H and O–H groups in total. The summed E-state index contributed by atoms with van der Waals surface area (Å²) in [6.07, 6.45) is 5.03. The Bertz CT molecular complexity index is 217. The van der Waals surface area contributed by atoms with Crippen LogP contribution in [0.5, 0.6) is 0 Å². The zero-order chi connectivity index (χ0) is 9.97. The topological polar surface area (TPSA) is 29.5 Å². The monoisotopic (exact) mass is 197 g/mol. The molecule has 0 aromatic heterocycles. The number of ketones is 1. The van der Waals surface area contributed by atoms with E-state index >= 15 is 0 Å². The van der Waals surface area contributed by atoms with Crippen LogP contribution in [0.2, 0.25) is 0 Å². The van der Waals surface area contributed by atoms with Crippen LogP contribution >= 0.6 is 0 Å². The first-order valence-electron chi connectivity index (χ1n) is 5.75. The van der Waals surface area contributed by atoms with Gasteiger partial charge in [0.1, 0.15) is 5.78 Å². The van der Waals surface area contributed by atoms with Gasteiger partial charge in [0.05, 0.1) is 6.61 Å². The third-order valence-electron chi connectivity index (χ3n) is 3.29. The molecule has 2 fully saturated rings. The van der Waals surface area contributed by atoms with E-state index in [1.54, 1.807) is 0 Å². The number of Topliss-reactive ketones (excluding diaryl/α,β-unsaturated/α-hetero) is 1. The Morgan fingerprint density at radius 2 is 2.36 bits per heavy atom. The Balaban J connectivity index is 1.93. The lowest BCUT2D eigenvalue weighted by atomic mass is 9.84. The highest BCUT2D eigenvalue weighted by atomic mass is 16.7. The number of rotatable bonds is 3. The SMILES string of the molecule is CCCON1CCC2C(=O)CCCC21. The second-order valence-electron chi connectivity index (χ2n) is 4.29. The Kier molecular flexibility index (Phi) is 3.19. The number of hydrogen-bond acceptors (Lipinski definition) is 3. The molecule has 1 heterocycles. The van der Waals surface area contributed by atoms with Crippen molar-refractivity contribution in [3.8, 4) is 0 Å². The summed E-state index contributed by atoms with van der Waals surface area (Å²) in [5.41, 5.74) is 0. The molecule has 2 atom stereocenters. The second-order valence-corrected chi connectivity index (χ2v) is 4.29. The van der Waals surface area contributed by atoms with Crippen LogP contribution < -0.4 is 0 Å². The summed E-state index contributed by atoms with van der Waals surface area (Å²) in [7, 11) is 0. The summed E-state index contributed by atoms with van der Waals surface area (Å²) in [6.45, 7) is 3.85. The van der Waals surface area contributed by atoms with Crippen LogP contribution in [-0.2, 0) is 9.63 Å². The van der Waals surface area contributed by atoms with E-state index in [1.165, 1.54) is 0 Å². The van der Waals surface area contributed by atoms with Crippen molar-refractivity contribution < 1.29 is 9.63 Å². The summed E-state index contributed by atoms with van der Waals surface area (Å²) < 4.78 is 0. The van der Waals surface area contributed by atoms with Crippen molar-refractivity contribution in [2.75, 3.05) is 13.2 Å². The van der Waals surface area contributed by atoms with Crippen LogP contribution in [0.3, 0.4) is 0 Å². The van der Waals surface area contributed by atoms with E-state index in [2.05, 4.69) is 12.0 Å². The van der Waals surface area contributed by atoms with E-state index in [0.29, 0.717) is 11.8 Å². The van der Waals surface area contributed by atoms with Crippen molar-refractivity contribution >= 4 is 5.78 Å². The summed E-state index contributed by atoms with van der Waals surface area (Å²) in [5.74, 6) is 0.740. The Morgan fingerprint density at radius 3 is 3.14 bits per heavy atom. The van der Waals surface area contributed by atoms with Gasteiger partial charge >= 0.3 is 0 Å². The lowest BCUT2D eigenvalue weighted by molar-refractivity contribution is -0.178. The predicted molar refractivity (Wildman–Crippen MR) is 53.7 cm³/mol. The molecule has 0 radical (unpaired) electrons. The van der Waals surface area contributed by atoms with Gasteiger partial charge in [-0.25, -0.2) is 0 Å². The van der Waals surface area contributed by atoms with E-state index in [0.717, 1.165) is 45.3 Å². The summed E-state index contributed by atoms with van der Waals surface area (Å²) in [5, 5.41) is 2.06. The maximum atomic E-state index is 11.6. The van der Waals surface area contributed by atoms with E-state index < -0.39 is 0 Å². The molecule has 3 heteroatoms. The van der Waals surface area contributed by atoms with E-state index in [1.807, 2.05) is 0 Å². The molecule has 0 amide bonds.